The van der Waals surface area contributed by atoms with E-state index in [9.17, 15) is 14.4 Å². The highest BCUT2D eigenvalue weighted by atomic mass is 16.5. The van der Waals surface area contributed by atoms with Gasteiger partial charge in [0.25, 0.3) is 5.56 Å². The van der Waals surface area contributed by atoms with Crippen LogP contribution in [0.15, 0.2) is 46.2 Å². The molecule has 9 heteroatoms. The lowest BCUT2D eigenvalue weighted by molar-refractivity contribution is -0.132. The van der Waals surface area contributed by atoms with Crippen LogP contribution in [0.3, 0.4) is 0 Å². The first-order valence-electron chi connectivity index (χ1n) is 11.5. The number of methoxy groups -OCH3 is 1. The Morgan fingerprint density at radius 2 is 1.94 bits per heavy atom. The van der Waals surface area contributed by atoms with Gasteiger partial charge in [-0.05, 0) is 30.7 Å². The van der Waals surface area contributed by atoms with Crippen LogP contribution in [0.5, 0.6) is 0 Å². The van der Waals surface area contributed by atoms with E-state index in [0.29, 0.717) is 43.3 Å². The molecule has 176 valence electrons. The molecular weight excluding hydrogens is 422 g/mol. The van der Waals surface area contributed by atoms with E-state index < -0.39 is 11.2 Å². The number of amides is 1. The van der Waals surface area contributed by atoms with Crippen LogP contribution in [0.4, 0.5) is 0 Å². The Bertz CT molecular complexity index is 1220. The molecule has 0 atom stereocenters. The lowest BCUT2D eigenvalue weighted by atomic mass is 10.2. The zero-order chi connectivity index (χ0) is 23.4. The smallest absolute Gasteiger partial charge is 0.333 e. The summed E-state index contributed by atoms with van der Waals surface area (Å²) >= 11 is 0. The number of carbonyl (C=O) groups excluding carboxylic acids is 1. The summed E-state index contributed by atoms with van der Waals surface area (Å²) in [5.41, 5.74) is 0.510. The van der Waals surface area contributed by atoms with E-state index in [1.807, 2.05) is 37.3 Å². The number of fused-ring (bicyclic) bond motifs is 1. The van der Waals surface area contributed by atoms with Crippen molar-refractivity contribution in [2.75, 3.05) is 26.8 Å². The normalized spacial score (nSPS) is 13.5. The number of benzene rings is 1. The van der Waals surface area contributed by atoms with E-state index in [1.165, 1.54) is 4.57 Å². The molecule has 0 aliphatic heterocycles. The lowest BCUT2D eigenvalue weighted by Gasteiger charge is -2.22. The minimum absolute atomic E-state index is 0.198. The maximum atomic E-state index is 13.5. The van der Waals surface area contributed by atoms with Crippen LogP contribution in [0.1, 0.15) is 31.7 Å². The van der Waals surface area contributed by atoms with Gasteiger partial charge >= 0.3 is 5.69 Å². The molecule has 1 aliphatic rings. The van der Waals surface area contributed by atoms with Crippen molar-refractivity contribution in [1.29, 1.82) is 0 Å². The third kappa shape index (κ3) is 5.08. The maximum absolute atomic E-state index is 13.5. The van der Waals surface area contributed by atoms with Gasteiger partial charge in [-0.25, -0.2) is 14.3 Å². The fourth-order valence-electron chi connectivity index (χ4n) is 4.08. The van der Waals surface area contributed by atoms with Gasteiger partial charge in [0.1, 0.15) is 6.54 Å². The van der Waals surface area contributed by atoms with Crippen molar-refractivity contribution in [2.24, 2.45) is 5.92 Å². The fraction of sp³-hybridized carbons (Fsp3) is 0.500. The molecule has 9 nitrogen and oxygen atoms in total. The molecule has 1 aromatic carbocycles. The van der Waals surface area contributed by atoms with Crippen LogP contribution in [0.2, 0.25) is 0 Å². The summed E-state index contributed by atoms with van der Waals surface area (Å²) in [7, 11) is 1.59. The second-order valence-corrected chi connectivity index (χ2v) is 8.63. The van der Waals surface area contributed by atoms with Crippen molar-refractivity contribution < 1.29 is 9.53 Å². The first-order valence-corrected chi connectivity index (χ1v) is 11.5. The van der Waals surface area contributed by atoms with Crippen LogP contribution in [0.25, 0.3) is 11.2 Å². The summed E-state index contributed by atoms with van der Waals surface area (Å²) in [5.74, 6) is 0.335. The van der Waals surface area contributed by atoms with Gasteiger partial charge in [-0.15, -0.1) is 0 Å². The Morgan fingerprint density at radius 3 is 2.61 bits per heavy atom. The fourth-order valence-corrected chi connectivity index (χ4v) is 4.08. The minimum atomic E-state index is -0.524. The van der Waals surface area contributed by atoms with E-state index in [2.05, 4.69) is 4.98 Å². The Balaban J connectivity index is 1.77. The van der Waals surface area contributed by atoms with Crippen LogP contribution in [0, 0.1) is 5.92 Å². The molecule has 0 unspecified atom stereocenters. The van der Waals surface area contributed by atoms with Crippen molar-refractivity contribution in [3.8, 4) is 0 Å². The summed E-state index contributed by atoms with van der Waals surface area (Å²) in [4.78, 5) is 46.2. The number of imidazole rings is 1. The molecule has 0 saturated heterocycles. The number of nitrogens with zero attached hydrogens (tertiary/aromatic N) is 5. The lowest BCUT2D eigenvalue weighted by Crippen LogP contribution is -2.46. The first kappa shape index (κ1) is 23.0. The van der Waals surface area contributed by atoms with Gasteiger partial charge in [0.15, 0.2) is 11.2 Å². The molecule has 2 aromatic heterocycles. The highest BCUT2D eigenvalue weighted by Crippen LogP contribution is 2.29. The molecule has 1 saturated carbocycles. The van der Waals surface area contributed by atoms with Crippen molar-refractivity contribution in [1.82, 2.24) is 23.6 Å². The Kier molecular flexibility index (Phi) is 7.08. The van der Waals surface area contributed by atoms with Crippen LogP contribution >= 0.6 is 0 Å². The zero-order valence-corrected chi connectivity index (χ0v) is 19.3. The van der Waals surface area contributed by atoms with Gasteiger partial charge in [0, 0.05) is 26.7 Å². The summed E-state index contributed by atoms with van der Waals surface area (Å²) in [6.45, 7) is 4.13. The number of aromatic nitrogens is 4. The summed E-state index contributed by atoms with van der Waals surface area (Å²) in [6.07, 6.45) is 4.63. The molecule has 0 bridgehead atoms. The summed E-state index contributed by atoms with van der Waals surface area (Å²) in [5, 5.41) is 0. The molecule has 33 heavy (non-hydrogen) atoms. The molecule has 3 aromatic rings. The van der Waals surface area contributed by atoms with Crippen LogP contribution in [-0.4, -0.2) is 56.3 Å². The van der Waals surface area contributed by atoms with Gasteiger partial charge in [-0.1, -0.05) is 37.3 Å². The number of rotatable bonds is 11. The highest BCUT2D eigenvalue weighted by molar-refractivity contribution is 5.77. The van der Waals surface area contributed by atoms with Crippen molar-refractivity contribution in [2.45, 2.75) is 45.8 Å². The van der Waals surface area contributed by atoms with Crippen LogP contribution < -0.4 is 11.2 Å². The zero-order valence-electron chi connectivity index (χ0n) is 19.3. The predicted octanol–water partition coefficient (Wildman–Crippen LogP) is 1.70. The van der Waals surface area contributed by atoms with E-state index >= 15 is 0 Å². The van der Waals surface area contributed by atoms with Gasteiger partial charge in [-0.2, -0.15) is 0 Å². The Morgan fingerprint density at radius 1 is 1.18 bits per heavy atom. The number of ether oxygens (including phenoxy) is 1. The van der Waals surface area contributed by atoms with E-state index in [1.54, 1.807) is 22.9 Å². The van der Waals surface area contributed by atoms with Crippen molar-refractivity contribution in [3.63, 3.8) is 0 Å². The SMILES string of the molecule is CCCN(CC1CC1)C(=O)Cn1c(=O)c2c(ncn2CCOC)n(Cc2ccccc2)c1=O. The average Bonchev–Trinajstić information content (AvgIpc) is 3.54. The molecule has 4 rings (SSSR count). The highest BCUT2D eigenvalue weighted by Gasteiger charge is 2.27. The molecule has 0 radical (unpaired) electrons. The van der Waals surface area contributed by atoms with Crippen LogP contribution in [-0.2, 0) is 29.2 Å². The average molecular weight is 454 g/mol. The molecule has 0 N–H and O–H groups in total. The number of hydrogen-bond donors (Lipinski definition) is 0. The molecular formula is C24H31N5O4. The van der Waals surface area contributed by atoms with Gasteiger partial charge in [0.2, 0.25) is 5.91 Å². The van der Waals surface area contributed by atoms with Crippen molar-refractivity contribution >= 4 is 17.1 Å². The standard InChI is InChI=1S/C24H31N5O4/c1-3-11-26(14-19-9-10-19)20(30)16-29-23(31)21-22(25-17-27(21)12-13-33-2)28(24(29)32)15-18-7-5-4-6-8-18/h4-8,17,19H,3,9-16H2,1-2H3. The van der Waals surface area contributed by atoms with Gasteiger partial charge in [0.05, 0.1) is 19.5 Å². The van der Waals surface area contributed by atoms with E-state index in [4.69, 9.17) is 4.74 Å². The summed E-state index contributed by atoms with van der Waals surface area (Å²) in [6, 6.07) is 9.53. The topological polar surface area (TPSA) is 91.4 Å². The Labute approximate surface area is 192 Å². The van der Waals surface area contributed by atoms with E-state index in [-0.39, 0.29) is 19.0 Å². The molecule has 1 fully saturated rings. The Hall–Kier alpha value is -3.20. The minimum Gasteiger partial charge on any atom is -0.383 e. The van der Waals surface area contributed by atoms with Gasteiger partial charge in [-0.3, -0.25) is 14.2 Å². The number of carbonyl (C=O) groups is 1. The summed E-state index contributed by atoms with van der Waals surface area (Å²) < 4.78 is 9.40. The van der Waals surface area contributed by atoms with Crippen molar-refractivity contribution in [3.05, 3.63) is 63.1 Å². The largest absolute Gasteiger partial charge is 0.383 e. The first-order chi connectivity index (χ1) is 16.0. The molecule has 1 amide bonds. The third-order valence-electron chi connectivity index (χ3n) is 6.02. The van der Waals surface area contributed by atoms with E-state index in [0.717, 1.165) is 29.4 Å². The predicted molar refractivity (Wildman–Crippen MR) is 125 cm³/mol. The maximum Gasteiger partial charge on any atom is 0.333 e. The quantitative estimate of drug-likeness (QED) is 0.441. The molecule has 1 aliphatic carbocycles. The second-order valence-electron chi connectivity index (χ2n) is 8.63. The molecule has 2 heterocycles. The second kappa shape index (κ2) is 10.2. The van der Waals surface area contributed by atoms with Gasteiger partial charge < -0.3 is 14.2 Å². The number of hydrogen-bond acceptors (Lipinski definition) is 5. The monoisotopic (exact) mass is 453 g/mol. The molecule has 0 spiro atoms. The third-order valence-corrected chi connectivity index (χ3v) is 6.02.